The molecule has 2 N–H and O–H groups in total. The molecule has 2 aliphatic carbocycles. The van der Waals surface area contributed by atoms with Crippen molar-refractivity contribution in [2.24, 2.45) is 5.92 Å². The molecular weight excluding hydrogens is 498 g/mol. The lowest BCUT2D eigenvalue weighted by Crippen LogP contribution is -2.34. The Kier molecular flexibility index (Phi) is 7.37. The highest BCUT2D eigenvalue weighted by molar-refractivity contribution is 6.10. The number of para-hydroxylation sites is 1. The van der Waals surface area contributed by atoms with Gasteiger partial charge in [0.1, 0.15) is 5.82 Å². The van der Waals surface area contributed by atoms with Gasteiger partial charge in [-0.3, -0.25) is 9.59 Å². The predicted molar refractivity (Wildman–Crippen MR) is 161 cm³/mol. The first-order chi connectivity index (χ1) is 19.5. The maximum absolute atomic E-state index is 13.0. The van der Waals surface area contributed by atoms with Crippen LogP contribution in [-0.4, -0.2) is 48.3 Å². The Morgan fingerprint density at radius 2 is 1.60 bits per heavy atom. The summed E-state index contributed by atoms with van der Waals surface area (Å²) in [4.78, 5) is 37.2. The van der Waals surface area contributed by atoms with Crippen molar-refractivity contribution in [1.82, 2.24) is 15.3 Å². The summed E-state index contributed by atoms with van der Waals surface area (Å²) in [6.45, 7) is 0.665. The highest BCUT2D eigenvalue weighted by Crippen LogP contribution is 2.33. The van der Waals surface area contributed by atoms with E-state index in [1.54, 1.807) is 0 Å². The fourth-order valence-electron chi connectivity index (χ4n) is 6.36. The first kappa shape index (κ1) is 26.2. The topological polar surface area (TPSA) is 87.2 Å². The summed E-state index contributed by atoms with van der Waals surface area (Å²) in [7, 11) is 4.00. The molecule has 0 bridgehead atoms. The van der Waals surface area contributed by atoms with Crippen LogP contribution in [-0.2, 0) is 17.6 Å². The minimum atomic E-state index is -0.0414. The number of rotatable bonds is 9. The van der Waals surface area contributed by atoms with E-state index in [-0.39, 0.29) is 24.5 Å². The van der Waals surface area contributed by atoms with Gasteiger partial charge in [0.2, 0.25) is 11.9 Å². The monoisotopic (exact) mass is 535 g/mol. The van der Waals surface area contributed by atoms with Gasteiger partial charge in [0.25, 0.3) is 0 Å². The molecule has 1 saturated carbocycles. The number of nitrogens with zero attached hydrogens (tertiary/aromatic N) is 3. The molecule has 1 heterocycles. The first-order valence-corrected chi connectivity index (χ1v) is 14.5. The van der Waals surface area contributed by atoms with Gasteiger partial charge >= 0.3 is 0 Å². The first-order valence-electron chi connectivity index (χ1n) is 14.5. The number of nitrogens with one attached hydrogen (secondary N) is 2. The van der Waals surface area contributed by atoms with Crippen LogP contribution < -0.4 is 15.5 Å². The summed E-state index contributed by atoms with van der Waals surface area (Å²) in [5.74, 6) is 2.04. The average Bonchev–Trinajstić information content (AvgIpc) is 3.40. The van der Waals surface area contributed by atoms with Crippen molar-refractivity contribution in [3.63, 3.8) is 0 Å². The van der Waals surface area contributed by atoms with Crippen LogP contribution in [0.2, 0.25) is 0 Å². The Morgan fingerprint density at radius 1 is 0.850 bits per heavy atom. The van der Waals surface area contributed by atoms with Gasteiger partial charge in [0.05, 0.1) is 5.52 Å². The van der Waals surface area contributed by atoms with Gasteiger partial charge in [-0.15, -0.1) is 0 Å². The van der Waals surface area contributed by atoms with Gasteiger partial charge in [-0.25, -0.2) is 4.98 Å². The summed E-state index contributed by atoms with van der Waals surface area (Å²) >= 11 is 0. The molecule has 2 aliphatic rings. The van der Waals surface area contributed by atoms with Crippen LogP contribution in [0.25, 0.3) is 21.7 Å². The highest BCUT2D eigenvalue weighted by Gasteiger charge is 2.23. The third-order valence-corrected chi connectivity index (χ3v) is 8.53. The van der Waals surface area contributed by atoms with Gasteiger partial charge in [-0.1, -0.05) is 42.5 Å². The van der Waals surface area contributed by atoms with Crippen LogP contribution in [0, 0.1) is 5.92 Å². The van der Waals surface area contributed by atoms with E-state index in [1.165, 1.54) is 16.5 Å². The maximum atomic E-state index is 13.0. The van der Waals surface area contributed by atoms with Crippen molar-refractivity contribution in [3.05, 3.63) is 71.3 Å². The standard InChI is InChI=1S/C33H37N5O2/c1-38(2)32-27-7-3-4-9-28(27)36-33(37-32)35-24-15-10-21(11-16-24)20-34-30(40)19-18-29(39)25-17-14-23-13-12-22-6-5-8-26(25)31(22)23/h3-9,14,17,21,24H,10-13,15-16,18-20H2,1-2H3,(H,34,40)(H,35,36,37)/t21-,24+. The average molecular weight is 536 g/mol. The van der Waals surface area contributed by atoms with Crippen LogP contribution in [0.1, 0.15) is 60.0 Å². The molecule has 7 heteroatoms. The van der Waals surface area contributed by atoms with Gasteiger partial charge < -0.3 is 15.5 Å². The Hall–Kier alpha value is -4.00. The highest BCUT2D eigenvalue weighted by atomic mass is 16.2. The Labute approximate surface area is 235 Å². The lowest BCUT2D eigenvalue weighted by atomic mass is 9.86. The molecule has 3 aromatic carbocycles. The third-order valence-electron chi connectivity index (χ3n) is 8.53. The van der Waals surface area contributed by atoms with Gasteiger partial charge in [-0.05, 0) is 78.5 Å². The van der Waals surface area contributed by atoms with E-state index >= 15 is 0 Å². The number of anilines is 2. The number of hydrogen-bond donors (Lipinski definition) is 2. The molecule has 1 amide bonds. The summed E-state index contributed by atoms with van der Waals surface area (Å²) in [5, 5.41) is 9.97. The fourth-order valence-corrected chi connectivity index (χ4v) is 6.36. The van der Waals surface area contributed by atoms with Crippen LogP contribution in [0.15, 0.2) is 54.6 Å². The number of hydrogen-bond acceptors (Lipinski definition) is 6. The SMILES string of the molecule is CN(C)c1nc(N[C@H]2CC[C@@H](CNC(=O)CCC(=O)c3ccc4c5c(cccc35)CC4)CC2)nc2ccccc12. The van der Waals surface area contributed by atoms with E-state index in [1.807, 2.05) is 55.4 Å². The Bertz CT molecular complexity index is 1560. The van der Waals surface area contributed by atoms with E-state index in [2.05, 4.69) is 28.8 Å². The van der Waals surface area contributed by atoms with Crippen molar-refractivity contribution < 1.29 is 9.59 Å². The smallest absolute Gasteiger partial charge is 0.225 e. The number of carbonyl (C=O) groups excluding carboxylic acids is 2. The number of amides is 1. The molecule has 40 heavy (non-hydrogen) atoms. The third kappa shape index (κ3) is 5.37. The van der Waals surface area contributed by atoms with E-state index in [0.717, 1.165) is 66.2 Å². The quantitative estimate of drug-likeness (QED) is 0.268. The van der Waals surface area contributed by atoms with Crippen molar-refractivity contribution in [3.8, 4) is 0 Å². The Morgan fingerprint density at radius 3 is 2.40 bits per heavy atom. The lowest BCUT2D eigenvalue weighted by Gasteiger charge is -2.29. The van der Waals surface area contributed by atoms with Gasteiger partial charge in [0.15, 0.2) is 5.78 Å². The summed E-state index contributed by atoms with van der Waals surface area (Å²) in [5.41, 5.74) is 4.34. The molecule has 7 nitrogen and oxygen atoms in total. The minimum Gasteiger partial charge on any atom is -0.362 e. The molecular formula is C33H37N5O2. The van der Waals surface area contributed by atoms with Crippen LogP contribution in [0.4, 0.5) is 11.8 Å². The minimum absolute atomic E-state index is 0.0414. The number of carbonyl (C=O) groups is 2. The fraction of sp³-hybridized carbons (Fsp3) is 0.394. The van der Waals surface area contributed by atoms with Crippen molar-refractivity contribution in [1.29, 1.82) is 0 Å². The van der Waals surface area contributed by atoms with Crippen molar-refractivity contribution in [2.75, 3.05) is 30.9 Å². The van der Waals surface area contributed by atoms with Crippen LogP contribution >= 0.6 is 0 Å². The summed E-state index contributed by atoms with van der Waals surface area (Å²) in [6.07, 6.45) is 6.64. The number of benzene rings is 3. The van der Waals surface area contributed by atoms with Crippen LogP contribution in [0.3, 0.4) is 0 Å². The second-order valence-corrected chi connectivity index (χ2v) is 11.5. The molecule has 4 aromatic rings. The summed E-state index contributed by atoms with van der Waals surface area (Å²) < 4.78 is 0. The predicted octanol–water partition coefficient (Wildman–Crippen LogP) is 5.70. The second kappa shape index (κ2) is 11.2. The lowest BCUT2D eigenvalue weighted by molar-refractivity contribution is -0.121. The molecule has 206 valence electrons. The van der Waals surface area contributed by atoms with E-state index in [0.29, 0.717) is 24.5 Å². The molecule has 0 spiro atoms. The van der Waals surface area contributed by atoms with Gasteiger partial charge in [-0.2, -0.15) is 4.98 Å². The number of Topliss-reactive ketones (excluding diaryl/α,β-unsaturated/α-hetero) is 1. The van der Waals surface area contributed by atoms with Crippen molar-refractivity contribution >= 4 is 45.1 Å². The number of aromatic nitrogens is 2. The molecule has 1 fully saturated rings. The molecule has 0 atom stereocenters. The zero-order valence-corrected chi connectivity index (χ0v) is 23.4. The van der Waals surface area contributed by atoms with E-state index in [4.69, 9.17) is 9.97 Å². The molecule has 0 aliphatic heterocycles. The molecule has 0 saturated heterocycles. The Balaban J connectivity index is 0.972. The normalized spacial score (nSPS) is 18.1. The number of aryl methyl sites for hydroxylation is 2. The summed E-state index contributed by atoms with van der Waals surface area (Å²) in [6, 6.07) is 18.7. The van der Waals surface area contributed by atoms with Gasteiger partial charge in [0, 0.05) is 50.5 Å². The van der Waals surface area contributed by atoms with Crippen LogP contribution in [0.5, 0.6) is 0 Å². The zero-order valence-electron chi connectivity index (χ0n) is 23.4. The maximum Gasteiger partial charge on any atom is 0.225 e. The molecule has 0 unspecified atom stereocenters. The molecule has 6 rings (SSSR count). The van der Waals surface area contributed by atoms with Crippen molar-refractivity contribution in [2.45, 2.75) is 57.4 Å². The molecule has 0 radical (unpaired) electrons. The largest absolute Gasteiger partial charge is 0.362 e. The zero-order chi connectivity index (χ0) is 27.6. The number of fused-ring (bicyclic) bond motifs is 1. The van der Waals surface area contributed by atoms with E-state index < -0.39 is 0 Å². The second-order valence-electron chi connectivity index (χ2n) is 11.5. The van der Waals surface area contributed by atoms with E-state index in [9.17, 15) is 9.59 Å². The molecule has 1 aromatic heterocycles. The number of ketones is 1.